The molecule has 2 rings (SSSR count). The molecule has 2 N–H and O–H groups in total. The number of aromatic amines is 1. The van der Waals surface area contributed by atoms with Gasteiger partial charge < -0.3 is 19.6 Å². The number of aromatic nitrogens is 1. The minimum Gasteiger partial charge on any atom is -0.497 e. The van der Waals surface area contributed by atoms with Crippen molar-refractivity contribution in [3.8, 4) is 11.5 Å². The van der Waals surface area contributed by atoms with Gasteiger partial charge in [0.25, 0.3) is 0 Å². The van der Waals surface area contributed by atoms with E-state index in [1.165, 1.54) is 19.4 Å². The van der Waals surface area contributed by atoms with E-state index in [0.717, 1.165) is 0 Å². The number of pyridine rings is 1. The zero-order valence-corrected chi connectivity index (χ0v) is 8.89. The highest BCUT2D eigenvalue weighted by atomic mass is 16.7. The fraction of sp³-hybridized carbons (Fsp3) is 0.0909. The molecule has 2 aromatic rings. The van der Waals surface area contributed by atoms with Gasteiger partial charge in [0.05, 0.1) is 12.5 Å². The summed E-state index contributed by atoms with van der Waals surface area (Å²) >= 11 is 0. The number of hydrogen-bond acceptors (Lipinski definition) is 4. The highest BCUT2D eigenvalue weighted by Crippen LogP contribution is 2.18. The zero-order chi connectivity index (χ0) is 12.4. The molecule has 0 aliphatic rings. The van der Waals surface area contributed by atoms with Crippen molar-refractivity contribution in [3.05, 3.63) is 34.6 Å². The summed E-state index contributed by atoms with van der Waals surface area (Å²) < 4.78 is 9.35. The van der Waals surface area contributed by atoms with Crippen LogP contribution >= 0.6 is 0 Å². The number of benzene rings is 1. The Morgan fingerprint density at radius 2 is 2.18 bits per heavy atom. The van der Waals surface area contributed by atoms with Crippen molar-refractivity contribution in [1.29, 1.82) is 0 Å². The maximum atomic E-state index is 11.9. The third-order valence-corrected chi connectivity index (χ3v) is 2.25. The highest BCUT2D eigenvalue weighted by Gasteiger charge is 2.10. The number of ether oxygens (including phenoxy) is 2. The van der Waals surface area contributed by atoms with Crippen LogP contribution in [-0.4, -0.2) is 23.4 Å². The van der Waals surface area contributed by atoms with Crippen LogP contribution in [0.1, 0.15) is 0 Å². The lowest BCUT2D eigenvalue weighted by atomic mass is 10.2. The summed E-state index contributed by atoms with van der Waals surface area (Å²) in [5.41, 5.74) is 0.0774. The quantitative estimate of drug-likeness (QED) is 0.771. The van der Waals surface area contributed by atoms with Gasteiger partial charge in [-0.2, -0.15) is 0 Å². The normalized spacial score (nSPS) is 10.2. The van der Waals surface area contributed by atoms with Gasteiger partial charge in [-0.15, -0.1) is 0 Å². The SMILES string of the molecule is COc1ccc2[nH]cc(OC(=O)O)c(=O)c2c1. The third-order valence-electron chi connectivity index (χ3n) is 2.25. The molecule has 1 aromatic carbocycles. The number of nitrogens with one attached hydrogen (secondary N) is 1. The lowest BCUT2D eigenvalue weighted by Crippen LogP contribution is -2.13. The maximum absolute atomic E-state index is 11.9. The first-order valence-electron chi connectivity index (χ1n) is 4.72. The molecule has 6 heteroatoms. The van der Waals surface area contributed by atoms with Gasteiger partial charge in [0, 0.05) is 11.7 Å². The molecule has 0 radical (unpaired) electrons. The summed E-state index contributed by atoms with van der Waals surface area (Å²) in [6.45, 7) is 0. The van der Waals surface area contributed by atoms with Crippen molar-refractivity contribution in [2.24, 2.45) is 0 Å². The number of methoxy groups -OCH3 is 1. The number of carboxylic acid groups (broad SMARTS) is 1. The smallest absolute Gasteiger partial charge is 0.497 e. The van der Waals surface area contributed by atoms with Crippen LogP contribution in [0, 0.1) is 0 Å². The number of carbonyl (C=O) groups is 1. The van der Waals surface area contributed by atoms with E-state index >= 15 is 0 Å². The van der Waals surface area contributed by atoms with Crippen molar-refractivity contribution < 1.29 is 19.4 Å². The van der Waals surface area contributed by atoms with Crippen LogP contribution in [0.3, 0.4) is 0 Å². The maximum Gasteiger partial charge on any atom is 0.511 e. The van der Waals surface area contributed by atoms with E-state index in [9.17, 15) is 9.59 Å². The van der Waals surface area contributed by atoms with E-state index in [-0.39, 0.29) is 5.75 Å². The molecular formula is C11H9NO5. The Bertz CT molecular complexity index is 631. The molecule has 0 aliphatic heterocycles. The monoisotopic (exact) mass is 235 g/mol. The van der Waals surface area contributed by atoms with E-state index in [4.69, 9.17) is 9.84 Å². The second kappa shape index (κ2) is 4.17. The van der Waals surface area contributed by atoms with Crippen LogP contribution in [-0.2, 0) is 0 Å². The van der Waals surface area contributed by atoms with Crippen molar-refractivity contribution in [2.45, 2.75) is 0 Å². The molecule has 1 aromatic heterocycles. The van der Waals surface area contributed by atoms with Crippen molar-refractivity contribution in [1.82, 2.24) is 4.98 Å². The summed E-state index contributed by atoms with van der Waals surface area (Å²) in [6.07, 6.45) is -0.316. The van der Waals surface area contributed by atoms with Crippen LogP contribution in [0.15, 0.2) is 29.2 Å². The molecule has 17 heavy (non-hydrogen) atoms. The first-order valence-corrected chi connectivity index (χ1v) is 4.72. The summed E-state index contributed by atoms with van der Waals surface area (Å²) in [4.78, 5) is 25.0. The number of fused-ring (bicyclic) bond motifs is 1. The predicted molar refractivity (Wildman–Crippen MR) is 59.8 cm³/mol. The van der Waals surface area contributed by atoms with E-state index in [0.29, 0.717) is 16.7 Å². The Kier molecular flexibility index (Phi) is 2.70. The molecule has 0 unspecified atom stereocenters. The molecular weight excluding hydrogens is 226 g/mol. The highest BCUT2D eigenvalue weighted by molar-refractivity contribution is 5.81. The van der Waals surface area contributed by atoms with Gasteiger partial charge in [0.2, 0.25) is 5.43 Å². The molecule has 0 fully saturated rings. The standard InChI is InChI=1S/C11H9NO5/c1-16-6-2-3-8-7(4-6)10(13)9(5-12-8)17-11(14)15/h2-5H,1H3,(H,12,13)(H,14,15). The van der Waals surface area contributed by atoms with Gasteiger partial charge in [0.15, 0.2) is 5.75 Å². The third kappa shape index (κ3) is 2.05. The molecule has 0 aliphatic carbocycles. The molecule has 0 bridgehead atoms. The number of rotatable bonds is 2. The number of hydrogen-bond donors (Lipinski definition) is 2. The fourth-order valence-corrected chi connectivity index (χ4v) is 1.48. The molecule has 1 heterocycles. The van der Waals surface area contributed by atoms with Crippen LogP contribution in [0.5, 0.6) is 11.5 Å². The molecule has 0 spiro atoms. The van der Waals surface area contributed by atoms with Gasteiger partial charge in [-0.1, -0.05) is 0 Å². The van der Waals surface area contributed by atoms with Crippen LogP contribution in [0.4, 0.5) is 4.79 Å². The van der Waals surface area contributed by atoms with Crippen molar-refractivity contribution in [2.75, 3.05) is 7.11 Å². The predicted octanol–water partition coefficient (Wildman–Crippen LogP) is 1.59. The van der Waals surface area contributed by atoms with Crippen molar-refractivity contribution >= 4 is 17.1 Å². The van der Waals surface area contributed by atoms with Crippen LogP contribution in [0.2, 0.25) is 0 Å². The molecule has 0 amide bonds. The summed E-state index contributed by atoms with van der Waals surface area (Å²) in [6, 6.07) is 4.87. The zero-order valence-electron chi connectivity index (χ0n) is 8.89. The van der Waals surface area contributed by atoms with Gasteiger partial charge in [-0.3, -0.25) is 4.79 Å². The Labute approximate surface area is 95.4 Å². The average molecular weight is 235 g/mol. The van der Waals surface area contributed by atoms with E-state index in [1.54, 1.807) is 12.1 Å². The Balaban J connectivity index is 2.64. The van der Waals surface area contributed by atoms with E-state index in [1.807, 2.05) is 0 Å². The first kappa shape index (κ1) is 11.0. The lowest BCUT2D eigenvalue weighted by Gasteiger charge is -2.04. The van der Waals surface area contributed by atoms with Gasteiger partial charge >= 0.3 is 6.16 Å². The van der Waals surface area contributed by atoms with Gasteiger partial charge in [0.1, 0.15) is 5.75 Å². The van der Waals surface area contributed by atoms with Crippen molar-refractivity contribution in [3.63, 3.8) is 0 Å². The molecule has 6 nitrogen and oxygen atoms in total. The van der Waals surface area contributed by atoms with Crippen LogP contribution in [0.25, 0.3) is 10.9 Å². The van der Waals surface area contributed by atoms with Gasteiger partial charge in [-0.05, 0) is 18.2 Å². The van der Waals surface area contributed by atoms with E-state index in [2.05, 4.69) is 9.72 Å². The Morgan fingerprint density at radius 3 is 2.82 bits per heavy atom. The number of H-pyrrole nitrogens is 1. The first-order chi connectivity index (χ1) is 8.11. The van der Waals surface area contributed by atoms with E-state index < -0.39 is 11.6 Å². The van der Waals surface area contributed by atoms with Gasteiger partial charge in [-0.25, -0.2) is 4.79 Å². The summed E-state index contributed by atoms with van der Waals surface area (Å²) in [7, 11) is 1.48. The Morgan fingerprint density at radius 1 is 1.41 bits per heavy atom. The molecule has 0 saturated heterocycles. The molecule has 0 atom stereocenters. The van der Waals surface area contributed by atoms with Crippen LogP contribution < -0.4 is 14.9 Å². The second-order valence-electron chi connectivity index (χ2n) is 3.26. The Hall–Kier alpha value is -2.50. The lowest BCUT2D eigenvalue weighted by molar-refractivity contribution is 0.144. The average Bonchev–Trinajstić information content (AvgIpc) is 2.32. The molecule has 88 valence electrons. The minimum atomic E-state index is -1.53. The summed E-state index contributed by atoms with van der Waals surface area (Å²) in [5.74, 6) is 0.244. The largest absolute Gasteiger partial charge is 0.511 e. The fourth-order valence-electron chi connectivity index (χ4n) is 1.48. The minimum absolute atomic E-state index is 0.266. The second-order valence-corrected chi connectivity index (χ2v) is 3.26. The molecule has 0 saturated carbocycles. The summed E-state index contributed by atoms with van der Waals surface area (Å²) in [5, 5.41) is 8.77. The topological polar surface area (TPSA) is 88.6 Å².